The van der Waals surface area contributed by atoms with Gasteiger partial charge < -0.3 is 20.5 Å². The zero-order chi connectivity index (χ0) is 21.8. The average Bonchev–Trinajstić information content (AvgIpc) is 2.73. The summed E-state index contributed by atoms with van der Waals surface area (Å²) in [5, 5.41) is 10.7. The van der Waals surface area contributed by atoms with E-state index >= 15 is 0 Å². The second kappa shape index (κ2) is 13.3. The van der Waals surface area contributed by atoms with E-state index in [9.17, 15) is 5.11 Å². The molecule has 0 amide bonds. The Morgan fingerprint density at radius 3 is 2.53 bits per heavy atom. The number of aliphatic hydroxyl groups is 1. The second-order valence-electron chi connectivity index (χ2n) is 7.43. The van der Waals surface area contributed by atoms with Crippen molar-refractivity contribution in [2.75, 3.05) is 32.5 Å². The van der Waals surface area contributed by atoms with Gasteiger partial charge in [-0.3, -0.25) is 0 Å². The minimum absolute atomic E-state index is 0.593. The number of rotatable bonds is 13. The highest BCUT2D eigenvalue weighted by Gasteiger charge is 2.12. The van der Waals surface area contributed by atoms with Crippen molar-refractivity contribution in [3.05, 3.63) is 82.9 Å². The molecule has 5 heteroatoms. The molecule has 0 saturated carbocycles. The zero-order valence-corrected chi connectivity index (χ0v) is 19.4. The molecule has 0 saturated heterocycles. The molecule has 30 heavy (non-hydrogen) atoms. The predicted molar refractivity (Wildman–Crippen MR) is 130 cm³/mol. The van der Waals surface area contributed by atoms with Crippen molar-refractivity contribution in [1.29, 1.82) is 0 Å². The monoisotopic (exact) mass is 472 g/mol. The molecule has 2 rings (SSSR count). The summed E-state index contributed by atoms with van der Waals surface area (Å²) in [6, 6.07) is 15.2. The van der Waals surface area contributed by atoms with Crippen LogP contribution < -0.4 is 5.73 Å². The third kappa shape index (κ3) is 8.34. The topological polar surface area (TPSA) is 58.7 Å². The lowest BCUT2D eigenvalue weighted by Crippen LogP contribution is -2.19. The van der Waals surface area contributed by atoms with Gasteiger partial charge in [-0.05, 0) is 62.3 Å². The number of likely N-dealkylation sites (N-methyl/N-ethyl adjacent to an activating group) is 1. The van der Waals surface area contributed by atoms with Crippen molar-refractivity contribution >= 4 is 27.4 Å². The number of halogens is 1. The fraction of sp³-hybridized carbons (Fsp3) is 0.360. The average molecular weight is 473 g/mol. The minimum Gasteiger partial charge on any atom is -0.493 e. The first-order valence-corrected chi connectivity index (χ1v) is 11.2. The molecule has 0 heterocycles. The van der Waals surface area contributed by atoms with Crippen molar-refractivity contribution in [3.8, 4) is 0 Å². The molecule has 2 aromatic carbocycles. The third-order valence-electron chi connectivity index (χ3n) is 4.88. The summed E-state index contributed by atoms with van der Waals surface area (Å²) in [4.78, 5) is 2.27. The summed E-state index contributed by atoms with van der Waals surface area (Å²) in [7, 11) is 2.11. The maximum atomic E-state index is 10.7. The van der Waals surface area contributed by atoms with Gasteiger partial charge >= 0.3 is 0 Å². The molecule has 0 aromatic heterocycles. The first-order valence-electron chi connectivity index (χ1n) is 10.4. The number of nitrogens with zero attached hydrogens (tertiary/aromatic N) is 1. The molecule has 0 radical (unpaired) electrons. The normalized spacial score (nSPS) is 12.7. The lowest BCUT2D eigenvalue weighted by molar-refractivity contribution is 0.218. The summed E-state index contributed by atoms with van der Waals surface area (Å²) >= 11 is 3.42. The molecule has 1 unspecified atom stereocenters. The quantitative estimate of drug-likeness (QED) is 0.167. The van der Waals surface area contributed by atoms with Crippen LogP contribution in [0.25, 0.3) is 5.76 Å². The molecule has 162 valence electrons. The Labute approximate surface area is 189 Å². The van der Waals surface area contributed by atoms with E-state index in [1.165, 1.54) is 12.8 Å². The minimum atomic E-state index is -0.770. The SMILES string of the molecule is C=CCN(C)CCCCCCOC(=CC(O)c1ccc(Br)cc1)c1ccccc1N. The summed E-state index contributed by atoms with van der Waals surface area (Å²) in [6.45, 7) is 6.37. The van der Waals surface area contributed by atoms with Crippen molar-refractivity contribution in [2.45, 2.75) is 31.8 Å². The van der Waals surface area contributed by atoms with Crippen LogP contribution in [-0.2, 0) is 4.74 Å². The second-order valence-corrected chi connectivity index (χ2v) is 8.34. The van der Waals surface area contributed by atoms with E-state index in [1.807, 2.05) is 54.6 Å². The van der Waals surface area contributed by atoms with Crippen LogP contribution in [0, 0.1) is 0 Å². The first kappa shape index (κ1) is 24.2. The van der Waals surface area contributed by atoms with E-state index in [4.69, 9.17) is 10.5 Å². The standard InChI is InChI=1S/C25H33BrN2O2/c1-3-16-28(2)17-8-4-5-9-18-30-25(22-10-6-7-11-23(22)27)19-24(29)20-12-14-21(26)15-13-20/h3,6-7,10-15,19,24,29H,1,4-5,8-9,16-18,27H2,2H3. The van der Waals surface area contributed by atoms with Gasteiger partial charge in [0.15, 0.2) is 0 Å². The smallest absolute Gasteiger partial charge is 0.127 e. The number of benzene rings is 2. The van der Waals surface area contributed by atoms with Gasteiger partial charge in [0.1, 0.15) is 11.9 Å². The van der Waals surface area contributed by atoms with Crippen LogP contribution in [0.2, 0.25) is 0 Å². The fourth-order valence-electron chi connectivity index (χ4n) is 3.17. The van der Waals surface area contributed by atoms with Crippen molar-refractivity contribution in [2.24, 2.45) is 0 Å². The van der Waals surface area contributed by atoms with Crippen LogP contribution in [0.15, 0.2) is 71.7 Å². The number of anilines is 1. The number of aliphatic hydroxyl groups excluding tert-OH is 1. The maximum absolute atomic E-state index is 10.7. The van der Waals surface area contributed by atoms with Gasteiger partial charge in [0.2, 0.25) is 0 Å². The van der Waals surface area contributed by atoms with E-state index in [2.05, 4.69) is 34.5 Å². The van der Waals surface area contributed by atoms with Crippen molar-refractivity contribution < 1.29 is 9.84 Å². The lowest BCUT2D eigenvalue weighted by atomic mass is 10.1. The maximum Gasteiger partial charge on any atom is 0.127 e. The van der Waals surface area contributed by atoms with Gasteiger partial charge in [0.25, 0.3) is 0 Å². The summed E-state index contributed by atoms with van der Waals surface area (Å²) < 4.78 is 7.05. The summed E-state index contributed by atoms with van der Waals surface area (Å²) in [5.74, 6) is 0.620. The van der Waals surface area contributed by atoms with Gasteiger partial charge in [0, 0.05) is 22.3 Å². The first-order chi connectivity index (χ1) is 14.5. The highest BCUT2D eigenvalue weighted by Crippen LogP contribution is 2.27. The van der Waals surface area contributed by atoms with Gasteiger partial charge in [-0.1, -0.05) is 59.1 Å². The molecule has 0 spiro atoms. The summed E-state index contributed by atoms with van der Waals surface area (Å²) in [5.41, 5.74) is 8.40. The largest absolute Gasteiger partial charge is 0.493 e. The molecule has 0 aliphatic rings. The number of nitrogen functional groups attached to an aromatic ring is 1. The van der Waals surface area contributed by atoms with Crippen LogP contribution in [-0.4, -0.2) is 36.8 Å². The van der Waals surface area contributed by atoms with E-state index < -0.39 is 6.10 Å². The van der Waals surface area contributed by atoms with Crippen LogP contribution in [0.5, 0.6) is 0 Å². The van der Waals surface area contributed by atoms with Gasteiger partial charge in [-0.2, -0.15) is 0 Å². The Bertz CT molecular complexity index is 805. The Balaban J connectivity index is 1.94. The molecule has 0 aliphatic heterocycles. The van der Waals surface area contributed by atoms with E-state index in [0.29, 0.717) is 18.1 Å². The third-order valence-corrected chi connectivity index (χ3v) is 5.41. The van der Waals surface area contributed by atoms with Crippen LogP contribution in [0.4, 0.5) is 5.69 Å². The van der Waals surface area contributed by atoms with Crippen molar-refractivity contribution in [1.82, 2.24) is 4.90 Å². The van der Waals surface area contributed by atoms with Crippen LogP contribution in [0.3, 0.4) is 0 Å². The van der Waals surface area contributed by atoms with Crippen LogP contribution in [0.1, 0.15) is 42.9 Å². The molecular weight excluding hydrogens is 440 g/mol. The zero-order valence-electron chi connectivity index (χ0n) is 17.8. The van der Waals surface area contributed by atoms with Gasteiger partial charge in [0.05, 0.1) is 6.61 Å². The molecular formula is C25H33BrN2O2. The molecule has 0 bridgehead atoms. The Kier molecular flexibility index (Phi) is 10.7. The highest BCUT2D eigenvalue weighted by molar-refractivity contribution is 9.10. The number of nitrogens with two attached hydrogens (primary N) is 1. The Morgan fingerprint density at radius 1 is 1.13 bits per heavy atom. The molecule has 0 fully saturated rings. The highest BCUT2D eigenvalue weighted by atomic mass is 79.9. The lowest BCUT2D eigenvalue weighted by Gasteiger charge is -2.16. The molecule has 2 aromatic rings. The number of hydrogen-bond acceptors (Lipinski definition) is 4. The van der Waals surface area contributed by atoms with Crippen molar-refractivity contribution in [3.63, 3.8) is 0 Å². The van der Waals surface area contributed by atoms with Gasteiger partial charge in [-0.25, -0.2) is 0 Å². The number of unbranched alkanes of at least 4 members (excludes halogenated alkanes) is 3. The van der Waals surface area contributed by atoms with Crippen LogP contribution >= 0.6 is 15.9 Å². The number of para-hydroxylation sites is 1. The van der Waals surface area contributed by atoms with Gasteiger partial charge in [-0.15, -0.1) is 6.58 Å². The Morgan fingerprint density at radius 2 is 1.83 bits per heavy atom. The molecule has 4 nitrogen and oxygen atoms in total. The number of hydrogen-bond donors (Lipinski definition) is 2. The van der Waals surface area contributed by atoms with E-state index in [0.717, 1.165) is 41.5 Å². The van der Waals surface area contributed by atoms with E-state index in [1.54, 1.807) is 6.08 Å². The molecule has 0 aliphatic carbocycles. The molecule has 1 atom stereocenters. The Hall–Kier alpha value is -2.08. The number of ether oxygens (including phenoxy) is 1. The predicted octanol–water partition coefficient (Wildman–Crippen LogP) is 5.80. The summed E-state index contributed by atoms with van der Waals surface area (Å²) in [6.07, 6.45) is 7.30. The van der Waals surface area contributed by atoms with E-state index in [-0.39, 0.29) is 0 Å². The fourth-order valence-corrected chi connectivity index (χ4v) is 3.43. The molecule has 3 N–H and O–H groups in total.